The molecule has 0 spiro atoms. The fourth-order valence-electron chi connectivity index (χ4n) is 1.96. The van der Waals surface area contributed by atoms with Crippen molar-refractivity contribution >= 4 is 5.91 Å². The lowest BCUT2D eigenvalue weighted by molar-refractivity contribution is 0.0942. The Morgan fingerprint density at radius 2 is 2.14 bits per heavy atom. The van der Waals surface area contributed by atoms with Gasteiger partial charge in [0.05, 0.1) is 6.54 Å². The van der Waals surface area contributed by atoms with Crippen molar-refractivity contribution < 1.29 is 4.79 Å². The monoisotopic (exact) mass is 282 g/mol. The Morgan fingerprint density at radius 3 is 2.86 bits per heavy atom. The SMILES string of the molecule is Cn1cccc1C(=O)NCc1nc(-c2ccncc2)n[nH]1. The molecule has 0 aromatic carbocycles. The Balaban J connectivity index is 1.66. The third-order valence-electron chi connectivity index (χ3n) is 3.06. The van der Waals surface area contributed by atoms with Crippen molar-refractivity contribution in [1.82, 2.24) is 30.0 Å². The third kappa shape index (κ3) is 2.81. The number of aromatic nitrogens is 5. The van der Waals surface area contributed by atoms with Crippen LogP contribution >= 0.6 is 0 Å². The molecule has 0 bridgehead atoms. The molecule has 3 heterocycles. The van der Waals surface area contributed by atoms with Gasteiger partial charge in [-0.1, -0.05) is 0 Å². The van der Waals surface area contributed by atoms with Crippen LogP contribution in [0.3, 0.4) is 0 Å². The molecule has 3 aromatic heterocycles. The average Bonchev–Trinajstić information content (AvgIpc) is 3.15. The van der Waals surface area contributed by atoms with Crippen LogP contribution in [-0.4, -0.2) is 30.6 Å². The number of amides is 1. The summed E-state index contributed by atoms with van der Waals surface area (Å²) in [6, 6.07) is 7.24. The number of rotatable bonds is 4. The molecule has 3 rings (SSSR count). The minimum atomic E-state index is -0.149. The van der Waals surface area contributed by atoms with E-state index in [0.717, 1.165) is 5.56 Å². The van der Waals surface area contributed by atoms with Gasteiger partial charge in [-0.3, -0.25) is 14.9 Å². The summed E-state index contributed by atoms with van der Waals surface area (Å²) in [6.07, 6.45) is 5.19. The molecule has 0 aliphatic carbocycles. The predicted molar refractivity (Wildman–Crippen MR) is 76.2 cm³/mol. The number of nitrogens with zero attached hydrogens (tertiary/aromatic N) is 4. The Hall–Kier alpha value is -2.96. The van der Waals surface area contributed by atoms with E-state index in [1.807, 2.05) is 31.4 Å². The second-order valence-corrected chi connectivity index (χ2v) is 4.53. The van der Waals surface area contributed by atoms with Crippen molar-refractivity contribution in [3.63, 3.8) is 0 Å². The number of carbonyl (C=O) groups excluding carboxylic acids is 1. The summed E-state index contributed by atoms with van der Waals surface area (Å²) < 4.78 is 1.76. The van der Waals surface area contributed by atoms with E-state index < -0.39 is 0 Å². The van der Waals surface area contributed by atoms with Crippen molar-refractivity contribution in [2.75, 3.05) is 0 Å². The van der Waals surface area contributed by atoms with Gasteiger partial charge in [-0.05, 0) is 24.3 Å². The molecule has 0 aliphatic heterocycles. The van der Waals surface area contributed by atoms with Crippen LogP contribution in [0.4, 0.5) is 0 Å². The molecule has 0 saturated heterocycles. The second-order valence-electron chi connectivity index (χ2n) is 4.53. The van der Waals surface area contributed by atoms with Gasteiger partial charge in [-0.2, -0.15) is 5.10 Å². The fraction of sp³-hybridized carbons (Fsp3) is 0.143. The first-order valence-electron chi connectivity index (χ1n) is 6.45. The molecule has 7 nitrogen and oxygen atoms in total. The highest BCUT2D eigenvalue weighted by Crippen LogP contribution is 2.12. The van der Waals surface area contributed by atoms with Crippen LogP contribution in [0.1, 0.15) is 16.3 Å². The van der Waals surface area contributed by atoms with Gasteiger partial charge >= 0.3 is 0 Å². The normalized spacial score (nSPS) is 10.5. The van der Waals surface area contributed by atoms with Crippen LogP contribution < -0.4 is 5.32 Å². The van der Waals surface area contributed by atoms with Gasteiger partial charge in [0.25, 0.3) is 5.91 Å². The summed E-state index contributed by atoms with van der Waals surface area (Å²) in [6.45, 7) is 0.294. The number of H-pyrrole nitrogens is 1. The van der Waals surface area contributed by atoms with E-state index in [1.165, 1.54) is 0 Å². The molecule has 0 radical (unpaired) electrons. The highest BCUT2D eigenvalue weighted by atomic mass is 16.1. The number of aryl methyl sites for hydroxylation is 1. The van der Waals surface area contributed by atoms with Crippen molar-refractivity contribution in [1.29, 1.82) is 0 Å². The molecule has 0 aliphatic rings. The highest BCUT2D eigenvalue weighted by molar-refractivity contribution is 5.92. The van der Waals surface area contributed by atoms with Gasteiger partial charge in [-0.25, -0.2) is 4.98 Å². The maximum absolute atomic E-state index is 12.0. The fourth-order valence-corrected chi connectivity index (χ4v) is 1.96. The molecule has 0 atom stereocenters. The first-order valence-corrected chi connectivity index (χ1v) is 6.45. The Kier molecular flexibility index (Phi) is 3.46. The minimum absolute atomic E-state index is 0.149. The molecule has 0 fully saturated rings. The molecule has 7 heteroatoms. The van der Waals surface area contributed by atoms with Crippen LogP contribution in [0.15, 0.2) is 42.9 Å². The summed E-state index contributed by atoms with van der Waals surface area (Å²) in [5.74, 6) is 1.04. The van der Waals surface area contributed by atoms with Crippen LogP contribution in [0.5, 0.6) is 0 Å². The summed E-state index contributed by atoms with van der Waals surface area (Å²) in [5.41, 5.74) is 1.48. The summed E-state index contributed by atoms with van der Waals surface area (Å²) in [4.78, 5) is 20.3. The van der Waals surface area contributed by atoms with E-state index >= 15 is 0 Å². The highest BCUT2D eigenvalue weighted by Gasteiger charge is 2.10. The lowest BCUT2D eigenvalue weighted by Gasteiger charge is -2.03. The smallest absolute Gasteiger partial charge is 0.268 e. The lowest BCUT2D eigenvalue weighted by Crippen LogP contribution is -2.25. The number of hydrogen-bond donors (Lipinski definition) is 2. The van der Waals surface area contributed by atoms with Gasteiger partial charge < -0.3 is 9.88 Å². The maximum Gasteiger partial charge on any atom is 0.268 e. The second kappa shape index (κ2) is 5.58. The van der Waals surface area contributed by atoms with Crippen LogP contribution in [0.25, 0.3) is 11.4 Å². The van der Waals surface area contributed by atoms with E-state index in [4.69, 9.17) is 0 Å². The first kappa shape index (κ1) is 13.0. The Labute approximate surface area is 121 Å². The van der Waals surface area contributed by atoms with Crippen molar-refractivity contribution in [3.05, 3.63) is 54.4 Å². The quantitative estimate of drug-likeness (QED) is 0.751. The van der Waals surface area contributed by atoms with Crippen LogP contribution in [-0.2, 0) is 13.6 Å². The number of pyridine rings is 1. The molecule has 3 aromatic rings. The Morgan fingerprint density at radius 1 is 1.33 bits per heavy atom. The van der Waals surface area contributed by atoms with E-state index in [9.17, 15) is 4.79 Å². The zero-order chi connectivity index (χ0) is 14.7. The Bertz CT molecular complexity index is 746. The van der Waals surface area contributed by atoms with Gasteiger partial charge in [0, 0.05) is 31.2 Å². The number of carbonyl (C=O) groups is 1. The molecule has 1 amide bonds. The van der Waals surface area contributed by atoms with Crippen molar-refractivity contribution in [2.45, 2.75) is 6.54 Å². The van der Waals surface area contributed by atoms with Crippen molar-refractivity contribution in [2.24, 2.45) is 7.05 Å². The summed E-state index contributed by atoms with van der Waals surface area (Å²) >= 11 is 0. The molecular formula is C14H14N6O. The van der Waals surface area contributed by atoms with Gasteiger partial charge in [-0.15, -0.1) is 0 Å². The van der Waals surface area contributed by atoms with Gasteiger partial charge in [0.15, 0.2) is 5.82 Å². The molecule has 106 valence electrons. The van der Waals surface area contributed by atoms with E-state index in [2.05, 4.69) is 25.5 Å². The molecular weight excluding hydrogens is 268 g/mol. The number of hydrogen-bond acceptors (Lipinski definition) is 4. The molecule has 2 N–H and O–H groups in total. The average molecular weight is 282 g/mol. The molecule has 0 unspecified atom stereocenters. The van der Waals surface area contributed by atoms with E-state index in [1.54, 1.807) is 23.0 Å². The zero-order valence-electron chi connectivity index (χ0n) is 11.4. The number of aromatic amines is 1. The first-order chi connectivity index (χ1) is 10.2. The maximum atomic E-state index is 12.0. The topological polar surface area (TPSA) is 88.5 Å². The van der Waals surface area contributed by atoms with Crippen LogP contribution in [0.2, 0.25) is 0 Å². The predicted octanol–water partition coefficient (Wildman–Crippen LogP) is 1.14. The van der Waals surface area contributed by atoms with Crippen LogP contribution in [0, 0.1) is 0 Å². The zero-order valence-corrected chi connectivity index (χ0v) is 11.4. The summed E-state index contributed by atoms with van der Waals surface area (Å²) in [5, 5.41) is 9.74. The number of nitrogens with one attached hydrogen (secondary N) is 2. The minimum Gasteiger partial charge on any atom is -0.347 e. The lowest BCUT2D eigenvalue weighted by atomic mass is 10.2. The largest absolute Gasteiger partial charge is 0.347 e. The van der Waals surface area contributed by atoms with E-state index in [0.29, 0.717) is 23.9 Å². The third-order valence-corrected chi connectivity index (χ3v) is 3.06. The summed E-state index contributed by atoms with van der Waals surface area (Å²) in [7, 11) is 1.82. The molecule has 21 heavy (non-hydrogen) atoms. The standard InChI is InChI=1S/C14H14N6O/c1-20-8-2-3-11(20)14(21)16-9-12-17-13(19-18-12)10-4-6-15-7-5-10/h2-8H,9H2,1H3,(H,16,21)(H,17,18,19). The van der Waals surface area contributed by atoms with E-state index in [-0.39, 0.29) is 5.91 Å². The van der Waals surface area contributed by atoms with Crippen molar-refractivity contribution in [3.8, 4) is 11.4 Å². The molecule has 0 saturated carbocycles. The van der Waals surface area contributed by atoms with Gasteiger partial charge in [0.2, 0.25) is 0 Å². The van der Waals surface area contributed by atoms with Gasteiger partial charge in [0.1, 0.15) is 11.5 Å².